The summed E-state index contributed by atoms with van der Waals surface area (Å²) < 4.78 is 0. The van der Waals surface area contributed by atoms with Crippen molar-refractivity contribution in [3.8, 4) is 0 Å². The monoisotopic (exact) mass is 350 g/mol. The first-order chi connectivity index (χ1) is 11.0. The van der Waals surface area contributed by atoms with E-state index in [9.17, 15) is 0 Å². The van der Waals surface area contributed by atoms with Gasteiger partial charge in [0.1, 0.15) is 0 Å². The van der Waals surface area contributed by atoms with Crippen LogP contribution >= 0.6 is 0 Å². The van der Waals surface area contributed by atoms with Crippen molar-refractivity contribution in [3.63, 3.8) is 0 Å². The van der Waals surface area contributed by atoms with Gasteiger partial charge in [0.05, 0.1) is 0 Å². The van der Waals surface area contributed by atoms with Gasteiger partial charge in [-0.25, -0.2) is 10.9 Å². The molecule has 25 heavy (non-hydrogen) atoms. The van der Waals surface area contributed by atoms with Crippen LogP contribution in [0.4, 0.5) is 0 Å². The lowest BCUT2D eigenvalue weighted by Crippen LogP contribution is -2.34. The lowest BCUT2D eigenvalue weighted by atomic mass is 9.91. The highest BCUT2D eigenvalue weighted by molar-refractivity contribution is 5.91. The summed E-state index contributed by atoms with van der Waals surface area (Å²) in [5, 5.41) is 17.4. The number of hydrogen-bond donors (Lipinski definition) is 2. The first-order valence-electron chi connectivity index (χ1n) is 8.79. The van der Waals surface area contributed by atoms with E-state index >= 15 is 0 Å². The SMILES string of the molecule is C/C(=N\N=C(N/N=C(\C)C(C)(C)C)N/N=C(\C)C(C)(C)C)C(C)(C)C. The molecule has 6 nitrogen and oxygen atoms in total. The van der Waals surface area contributed by atoms with Crippen LogP contribution in [0.25, 0.3) is 0 Å². The van der Waals surface area contributed by atoms with Crippen molar-refractivity contribution >= 4 is 23.1 Å². The number of nitrogens with zero attached hydrogens (tertiary/aromatic N) is 4. The summed E-state index contributed by atoms with van der Waals surface area (Å²) in [5.74, 6) is 0.399. The largest absolute Gasteiger partial charge is 0.257 e. The molecule has 0 aliphatic rings. The van der Waals surface area contributed by atoms with E-state index in [1.54, 1.807) is 0 Å². The molecule has 0 saturated heterocycles. The number of rotatable bonds is 3. The van der Waals surface area contributed by atoms with E-state index in [-0.39, 0.29) is 16.2 Å². The molecule has 0 atom stereocenters. The third-order valence-electron chi connectivity index (χ3n) is 4.22. The van der Waals surface area contributed by atoms with Crippen LogP contribution in [0, 0.1) is 16.2 Å². The molecule has 0 rings (SSSR count). The molecule has 0 radical (unpaired) electrons. The van der Waals surface area contributed by atoms with Gasteiger partial charge in [-0.2, -0.15) is 15.3 Å². The van der Waals surface area contributed by atoms with Gasteiger partial charge in [0.2, 0.25) is 0 Å². The van der Waals surface area contributed by atoms with E-state index in [0.717, 1.165) is 17.1 Å². The van der Waals surface area contributed by atoms with Crippen molar-refractivity contribution in [3.05, 3.63) is 0 Å². The summed E-state index contributed by atoms with van der Waals surface area (Å²) in [6.45, 7) is 24.9. The minimum absolute atomic E-state index is 0.0205. The van der Waals surface area contributed by atoms with Gasteiger partial charge < -0.3 is 0 Å². The maximum atomic E-state index is 4.41. The molecule has 6 heteroatoms. The molecular formula is C19H38N6. The third-order valence-corrected chi connectivity index (χ3v) is 4.22. The highest BCUT2D eigenvalue weighted by Gasteiger charge is 2.17. The molecule has 0 spiro atoms. The zero-order valence-electron chi connectivity index (χ0n) is 18.3. The van der Waals surface area contributed by atoms with Crippen molar-refractivity contribution in [2.45, 2.75) is 83.1 Å². The quantitative estimate of drug-likeness (QED) is 0.436. The lowest BCUT2D eigenvalue weighted by Gasteiger charge is -2.19. The van der Waals surface area contributed by atoms with E-state index < -0.39 is 0 Å². The topological polar surface area (TPSA) is 73.5 Å². The van der Waals surface area contributed by atoms with Crippen LogP contribution < -0.4 is 10.9 Å². The summed E-state index contributed by atoms with van der Waals surface area (Å²) in [6, 6.07) is 0. The second kappa shape index (κ2) is 8.59. The Balaban J connectivity index is 5.54. The van der Waals surface area contributed by atoms with Crippen molar-refractivity contribution in [2.75, 3.05) is 0 Å². The summed E-state index contributed by atoms with van der Waals surface area (Å²) in [5.41, 5.74) is 8.69. The maximum Gasteiger partial charge on any atom is 0.257 e. The van der Waals surface area contributed by atoms with E-state index in [0.29, 0.717) is 5.96 Å². The summed E-state index contributed by atoms with van der Waals surface area (Å²) in [4.78, 5) is 0. The second-order valence-corrected chi connectivity index (χ2v) is 9.50. The van der Waals surface area contributed by atoms with Gasteiger partial charge in [-0.05, 0) is 20.8 Å². The molecule has 0 bridgehead atoms. The molecule has 0 aliphatic carbocycles. The highest BCUT2D eigenvalue weighted by atomic mass is 15.5. The van der Waals surface area contributed by atoms with Crippen LogP contribution in [0.5, 0.6) is 0 Å². The Bertz CT molecular complexity index is 526. The molecule has 2 N–H and O–H groups in total. The zero-order valence-corrected chi connectivity index (χ0v) is 18.3. The fourth-order valence-corrected chi connectivity index (χ4v) is 0.954. The molecule has 0 unspecified atom stereocenters. The minimum atomic E-state index is -0.0379. The van der Waals surface area contributed by atoms with Gasteiger partial charge in [0.15, 0.2) is 0 Å². The van der Waals surface area contributed by atoms with Crippen LogP contribution in [0.1, 0.15) is 83.1 Å². The standard InChI is InChI=1S/C19H38N6/c1-13(17(4,5)6)20-23-16(24-21-14(2)18(7,8)9)25-22-15(3)19(10,11)12/h1-12H3,(H2,23,24,25)/b20-13+,21-14+,22-15+. The predicted molar refractivity (Wildman–Crippen MR) is 111 cm³/mol. The Morgan fingerprint density at radius 2 is 0.840 bits per heavy atom. The van der Waals surface area contributed by atoms with Gasteiger partial charge in [-0.15, -0.1) is 5.10 Å². The van der Waals surface area contributed by atoms with Gasteiger partial charge >= 0.3 is 0 Å². The van der Waals surface area contributed by atoms with Crippen LogP contribution in [0.3, 0.4) is 0 Å². The molecule has 0 aromatic rings. The van der Waals surface area contributed by atoms with E-state index in [1.807, 2.05) is 20.8 Å². The average molecular weight is 351 g/mol. The van der Waals surface area contributed by atoms with Gasteiger partial charge in [-0.3, -0.25) is 0 Å². The Morgan fingerprint density at radius 1 is 0.520 bits per heavy atom. The Morgan fingerprint density at radius 3 is 1.12 bits per heavy atom. The highest BCUT2D eigenvalue weighted by Crippen LogP contribution is 2.16. The lowest BCUT2D eigenvalue weighted by molar-refractivity contribution is 0.579. The number of hydrogen-bond acceptors (Lipinski definition) is 4. The Hall–Kier alpha value is -1.72. The molecule has 0 heterocycles. The van der Waals surface area contributed by atoms with Crippen molar-refractivity contribution in [2.24, 2.45) is 36.7 Å². The average Bonchev–Trinajstić information content (AvgIpc) is 2.42. The molecular weight excluding hydrogens is 312 g/mol. The van der Waals surface area contributed by atoms with Crippen molar-refractivity contribution in [1.82, 2.24) is 10.9 Å². The summed E-state index contributed by atoms with van der Waals surface area (Å²) in [7, 11) is 0. The Labute approximate surface area is 154 Å². The van der Waals surface area contributed by atoms with Crippen LogP contribution in [-0.4, -0.2) is 23.1 Å². The smallest absolute Gasteiger partial charge is 0.244 e. The fraction of sp³-hybridized carbons (Fsp3) is 0.789. The number of hydrazone groups is 2. The van der Waals surface area contributed by atoms with Crippen LogP contribution in [0.2, 0.25) is 0 Å². The summed E-state index contributed by atoms with van der Waals surface area (Å²) >= 11 is 0. The second-order valence-electron chi connectivity index (χ2n) is 9.50. The fourth-order valence-electron chi connectivity index (χ4n) is 0.954. The summed E-state index contributed by atoms with van der Waals surface area (Å²) in [6.07, 6.45) is 0. The number of guanidine groups is 1. The minimum Gasteiger partial charge on any atom is -0.244 e. The normalized spacial score (nSPS) is 15.1. The molecule has 0 aromatic heterocycles. The zero-order chi connectivity index (χ0) is 20.1. The third kappa shape index (κ3) is 9.37. The van der Waals surface area contributed by atoms with Crippen LogP contribution in [-0.2, 0) is 0 Å². The molecule has 0 amide bonds. The van der Waals surface area contributed by atoms with E-state index in [1.165, 1.54) is 0 Å². The predicted octanol–water partition coefficient (Wildman–Crippen LogP) is 4.79. The van der Waals surface area contributed by atoms with Crippen molar-refractivity contribution < 1.29 is 0 Å². The molecule has 0 aromatic carbocycles. The first kappa shape index (κ1) is 23.3. The van der Waals surface area contributed by atoms with E-state index in [4.69, 9.17) is 0 Å². The number of nitrogens with one attached hydrogen (secondary N) is 2. The molecule has 144 valence electrons. The van der Waals surface area contributed by atoms with Gasteiger partial charge in [0.25, 0.3) is 5.96 Å². The van der Waals surface area contributed by atoms with Gasteiger partial charge in [-0.1, -0.05) is 62.3 Å². The van der Waals surface area contributed by atoms with Crippen LogP contribution in [0.15, 0.2) is 20.4 Å². The molecule has 0 fully saturated rings. The molecule has 0 saturated carbocycles. The molecule has 0 aliphatic heterocycles. The van der Waals surface area contributed by atoms with Gasteiger partial charge in [0, 0.05) is 33.4 Å². The Kier molecular flexibility index (Phi) is 8.00. The first-order valence-corrected chi connectivity index (χ1v) is 8.79. The maximum absolute atomic E-state index is 4.41. The van der Waals surface area contributed by atoms with Crippen molar-refractivity contribution in [1.29, 1.82) is 0 Å². The van der Waals surface area contributed by atoms with E-state index in [2.05, 4.69) is 93.6 Å².